The zero-order chi connectivity index (χ0) is 12.3. The summed E-state index contributed by atoms with van der Waals surface area (Å²) < 4.78 is 0. The highest BCUT2D eigenvalue weighted by molar-refractivity contribution is 6.31. The summed E-state index contributed by atoms with van der Waals surface area (Å²) in [6, 6.07) is 6.40. The van der Waals surface area contributed by atoms with Crippen molar-refractivity contribution in [1.29, 1.82) is 0 Å². The highest BCUT2D eigenvalue weighted by Crippen LogP contribution is 2.28. The first kappa shape index (κ1) is 13.3. The van der Waals surface area contributed by atoms with E-state index < -0.39 is 0 Å². The molecular weight excluding hydrogens is 220 g/mol. The van der Waals surface area contributed by atoms with Crippen molar-refractivity contribution in [3.8, 4) is 0 Å². The van der Waals surface area contributed by atoms with Gasteiger partial charge in [-0.05, 0) is 25.0 Å². The quantitative estimate of drug-likeness (QED) is 0.875. The van der Waals surface area contributed by atoms with Crippen LogP contribution in [0.3, 0.4) is 0 Å². The van der Waals surface area contributed by atoms with Crippen LogP contribution in [0.25, 0.3) is 0 Å². The minimum atomic E-state index is 0.462. The van der Waals surface area contributed by atoms with Crippen LogP contribution in [0.1, 0.15) is 26.3 Å². The van der Waals surface area contributed by atoms with Crippen molar-refractivity contribution < 1.29 is 0 Å². The molecule has 2 nitrogen and oxygen atoms in total. The van der Waals surface area contributed by atoms with Gasteiger partial charge in [0.15, 0.2) is 0 Å². The summed E-state index contributed by atoms with van der Waals surface area (Å²) >= 11 is 6.15. The smallest absolute Gasteiger partial charge is 0.0471 e. The zero-order valence-electron chi connectivity index (χ0n) is 10.5. The number of hydrogen-bond donors (Lipinski definition) is 1. The zero-order valence-corrected chi connectivity index (χ0v) is 11.3. The predicted molar refractivity (Wildman–Crippen MR) is 72.0 cm³/mol. The summed E-state index contributed by atoms with van der Waals surface area (Å²) in [4.78, 5) is 2.25. The van der Waals surface area contributed by atoms with Crippen molar-refractivity contribution in [3.63, 3.8) is 0 Å². The highest BCUT2D eigenvalue weighted by atomic mass is 35.5. The molecule has 1 aromatic carbocycles. The number of halogens is 1. The van der Waals surface area contributed by atoms with E-state index in [4.69, 9.17) is 17.3 Å². The van der Waals surface area contributed by atoms with E-state index in [2.05, 4.69) is 38.8 Å². The molecule has 90 valence electrons. The molecule has 2 N–H and O–H groups in total. The number of nitrogens with two attached hydrogens (primary N) is 1. The molecule has 0 fully saturated rings. The van der Waals surface area contributed by atoms with Crippen LogP contribution < -0.4 is 10.6 Å². The van der Waals surface area contributed by atoms with Gasteiger partial charge in [0.05, 0.1) is 0 Å². The molecule has 1 aromatic rings. The average Bonchev–Trinajstić information content (AvgIpc) is 2.26. The van der Waals surface area contributed by atoms with Gasteiger partial charge in [-0.1, -0.05) is 31.5 Å². The molecule has 0 saturated carbocycles. The molecule has 1 rings (SSSR count). The first-order valence-corrected chi connectivity index (χ1v) is 6.07. The minimum absolute atomic E-state index is 0.462. The number of anilines is 1. The summed E-state index contributed by atoms with van der Waals surface area (Å²) in [6.45, 7) is 7.12. The van der Waals surface area contributed by atoms with Crippen LogP contribution in [0.2, 0.25) is 5.02 Å². The van der Waals surface area contributed by atoms with Crippen LogP contribution in [0.5, 0.6) is 0 Å². The van der Waals surface area contributed by atoms with E-state index in [-0.39, 0.29) is 0 Å². The first-order valence-electron chi connectivity index (χ1n) is 5.69. The number of benzene rings is 1. The molecule has 1 unspecified atom stereocenters. The van der Waals surface area contributed by atoms with Crippen molar-refractivity contribution in [1.82, 2.24) is 0 Å². The second kappa shape index (κ2) is 5.55. The Hall–Kier alpha value is -0.730. The lowest BCUT2D eigenvalue weighted by molar-refractivity contribution is 0.505. The van der Waals surface area contributed by atoms with Gasteiger partial charge < -0.3 is 10.6 Å². The Kier molecular flexibility index (Phi) is 4.63. The van der Waals surface area contributed by atoms with Crippen LogP contribution in [0.15, 0.2) is 18.2 Å². The van der Waals surface area contributed by atoms with E-state index in [0.29, 0.717) is 18.5 Å². The molecule has 0 heterocycles. The number of nitrogens with zero attached hydrogens (tertiary/aromatic N) is 1. The summed E-state index contributed by atoms with van der Waals surface area (Å²) in [5, 5.41) is 0.753. The van der Waals surface area contributed by atoms with E-state index in [1.54, 1.807) is 0 Å². The van der Waals surface area contributed by atoms with Gasteiger partial charge in [-0.3, -0.25) is 0 Å². The van der Waals surface area contributed by atoms with Crippen LogP contribution in [-0.2, 0) is 6.54 Å². The molecule has 0 aliphatic rings. The van der Waals surface area contributed by atoms with Gasteiger partial charge in [-0.2, -0.15) is 0 Å². The van der Waals surface area contributed by atoms with Crippen molar-refractivity contribution in [2.45, 2.75) is 33.4 Å². The van der Waals surface area contributed by atoms with Gasteiger partial charge in [-0.25, -0.2) is 0 Å². The third kappa shape index (κ3) is 2.69. The molecular formula is C13H21ClN2. The maximum Gasteiger partial charge on any atom is 0.0471 e. The minimum Gasteiger partial charge on any atom is -0.371 e. The molecule has 0 aromatic heterocycles. The summed E-state index contributed by atoms with van der Waals surface area (Å²) in [6.07, 6.45) is 0. The fourth-order valence-corrected chi connectivity index (χ4v) is 1.99. The van der Waals surface area contributed by atoms with Gasteiger partial charge in [0.1, 0.15) is 0 Å². The Morgan fingerprint density at radius 1 is 1.31 bits per heavy atom. The lowest BCUT2D eigenvalue weighted by Gasteiger charge is -2.31. The first-order chi connectivity index (χ1) is 7.49. The fraction of sp³-hybridized carbons (Fsp3) is 0.538. The standard InChI is InChI=1S/C13H21ClN2/c1-9(2)10(3)16(4)13-7-5-6-12(14)11(13)8-15/h5-7,9-10H,8,15H2,1-4H3. The van der Waals surface area contributed by atoms with Gasteiger partial charge in [0.2, 0.25) is 0 Å². The topological polar surface area (TPSA) is 29.3 Å². The molecule has 0 radical (unpaired) electrons. The largest absolute Gasteiger partial charge is 0.371 e. The predicted octanol–water partition coefficient (Wildman–Crippen LogP) is 3.28. The summed E-state index contributed by atoms with van der Waals surface area (Å²) in [5.74, 6) is 0.592. The number of hydrogen-bond acceptors (Lipinski definition) is 2. The monoisotopic (exact) mass is 240 g/mol. The van der Waals surface area contributed by atoms with Crippen LogP contribution in [0.4, 0.5) is 5.69 Å². The van der Waals surface area contributed by atoms with E-state index in [1.165, 1.54) is 0 Å². The lowest BCUT2D eigenvalue weighted by Crippen LogP contribution is -2.34. The molecule has 0 saturated heterocycles. The average molecular weight is 241 g/mol. The van der Waals surface area contributed by atoms with Crippen molar-refractivity contribution in [3.05, 3.63) is 28.8 Å². The van der Waals surface area contributed by atoms with Gasteiger partial charge in [-0.15, -0.1) is 0 Å². The van der Waals surface area contributed by atoms with E-state index in [1.807, 2.05) is 12.1 Å². The Morgan fingerprint density at radius 2 is 1.94 bits per heavy atom. The van der Waals surface area contributed by atoms with Gasteiger partial charge in [0, 0.05) is 35.9 Å². The van der Waals surface area contributed by atoms with E-state index in [0.717, 1.165) is 16.3 Å². The van der Waals surface area contributed by atoms with Gasteiger partial charge >= 0.3 is 0 Å². The van der Waals surface area contributed by atoms with Crippen LogP contribution in [-0.4, -0.2) is 13.1 Å². The second-order valence-corrected chi connectivity index (χ2v) is 4.94. The van der Waals surface area contributed by atoms with Gasteiger partial charge in [0.25, 0.3) is 0 Å². The fourth-order valence-electron chi connectivity index (χ4n) is 1.75. The normalized spacial score (nSPS) is 12.9. The van der Waals surface area contributed by atoms with E-state index >= 15 is 0 Å². The Balaban J connectivity index is 3.08. The second-order valence-electron chi connectivity index (χ2n) is 4.54. The molecule has 1 atom stereocenters. The third-order valence-electron chi connectivity index (χ3n) is 3.25. The molecule has 0 spiro atoms. The summed E-state index contributed by atoms with van der Waals surface area (Å²) in [5.41, 5.74) is 7.92. The van der Waals surface area contributed by atoms with Crippen molar-refractivity contribution >= 4 is 17.3 Å². The Bertz CT molecular complexity index is 350. The van der Waals surface area contributed by atoms with Crippen molar-refractivity contribution in [2.24, 2.45) is 11.7 Å². The number of rotatable bonds is 4. The lowest BCUT2D eigenvalue weighted by atomic mass is 10.0. The van der Waals surface area contributed by atoms with E-state index in [9.17, 15) is 0 Å². The maximum atomic E-state index is 6.15. The summed E-state index contributed by atoms with van der Waals surface area (Å²) in [7, 11) is 2.09. The Morgan fingerprint density at radius 3 is 2.44 bits per heavy atom. The maximum absolute atomic E-state index is 6.15. The molecule has 3 heteroatoms. The Labute approximate surface area is 103 Å². The highest BCUT2D eigenvalue weighted by Gasteiger charge is 2.17. The third-order valence-corrected chi connectivity index (χ3v) is 3.61. The molecule has 0 amide bonds. The van der Waals surface area contributed by atoms with Crippen molar-refractivity contribution in [2.75, 3.05) is 11.9 Å². The SMILES string of the molecule is CC(C)C(C)N(C)c1cccc(Cl)c1CN. The molecule has 16 heavy (non-hydrogen) atoms. The molecule has 0 aliphatic heterocycles. The molecule has 0 aliphatic carbocycles. The van der Waals surface area contributed by atoms with Crippen LogP contribution in [0, 0.1) is 5.92 Å². The van der Waals surface area contributed by atoms with Crippen LogP contribution >= 0.6 is 11.6 Å². The molecule has 0 bridgehead atoms.